The second kappa shape index (κ2) is 14.8. The van der Waals surface area contributed by atoms with E-state index in [0.29, 0.717) is 23.0 Å². The van der Waals surface area contributed by atoms with Crippen LogP contribution in [0.4, 0.5) is 4.79 Å². The molecular weight excluding hydrogens is 580 g/mol. The zero-order chi connectivity index (χ0) is 32.4. The van der Waals surface area contributed by atoms with Crippen LogP contribution in [0.1, 0.15) is 131 Å². The molecular formula is C37H64N4O3S. The van der Waals surface area contributed by atoms with Crippen LogP contribution in [0.25, 0.3) is 0 Å². The molecule has 4 unspecified atom stereocenters. The Morgan fingerprint density at radius 1 is 1.04 bits per heavy atom. The lowest BCUT2D eigenvalue weighted by Crippen LogP contribution is -2.52. The van der Waals surface area contributed by atoms with Crippen molar-refractivity contribution in [2.75, 3.05) is 19.3 Å². The first kappa shape index (κ1) is 34.9. The van der Waals surface area contributed by atoms with Crippen molar-refractivity contribution in [3.8, 4) is 0 Å². The summed E-state index contributed by atoms with van der Waals surface area (Å²) in [6.07, 6.45) is 17.0. The molecule has 3 N–H and O–H groups in total. The average Bonchev–Trinajstić information content (AvgIpc) is 3.66. The van der Waals surface area contributed by atoms with Crippen LogP contribution in [0.2, 0.25) is 0 Å². The number of thioether (sulfide) groups is 1. The first-order valence-electron chi connectivity index (χ1n) is 18.6. The topological polar surface area (TPSA) is 94.0 Å². The van der Waals surface area contributed by atoms with Crippen molar-refractivity contribution >= 4 is 29.4 Å². The molecule has 5 rings (SSSR count). The lowest BCUT2D eigenvalue weighted by atomic mass is 9.47. The third kappa shape index (κ3) is 7.36. The lowest BCUT2D eigenvalue weighted by Gasteiger charge is -2.57. The van der Waals surface area contributed by atoms with E-state index >= 15 is 0 Å². The van der Waals surface area contributed by atoms with E-state index in [0.717, 1.165) is 86.1 Å². The number of nitrogens with one attached hydrogen (secondary N) is 2. The van der Waals surface area contributed by atoms with Crippen molar-refractivity contribution in [2.45, 2.75) is 148 Å². The number of hydrogen-bond donors (Lipinski definition) is 3. The molecule has 0 aromatic rings. The molecule has 3 saturated carbocycles. The average molecular weight is 645 g/mol. The minimum atomic E-state index is -0.0782. The zero-order valence-electron chi connectivity index (χ0n) is 29.3. The molecule has 0 aromatic heterocycles. The van der Waals surface area contributed by atoms with Crippen molar-refractivity contribution in [3.63, 3.8) is 0 Å². The Bertz CT molecular complexity index is 1070. The molecule has 7 nitrogen and oxygen atoms in total. The van der Waals surface area contributed by atoms with Crippen LogP contribution in [0, 0.1) is 46.3 Å². The van der Waals surface area contributed by atoms with Gasteiger partial charge in [-0.2, -0.15) is 11.8 Å². The summed E-state index contributed by atoms with van der Waals surface area (Å²) in [5.74, 6) is 5.80. The number of nitrogens with zero attached hydrogens (tertiary/aromatic N) is 2. The van der Waals surface area contributed by atoms with Gasteiger partial charge in [0, 0.05) is 36.4 Å². The monoisotopic (exact) mass is 644 g/mol. The van der Waals surface area contributed by atoms with Crippen molar-refractivity contribution in [3.05, 3.63) is 0 Å². The Morgan fingerprint density at radius 3 is 2.60 bits per heavy atom. The lowest BCUT2D eigenvalue weighted by molar-refractivity contribution is -0.130. The van der Waals surface area contributed by atoms with Crippen molar-refractivity contribution in [1.29, 1.82) is 0 Å². The van der Waals surface area contributed by atoms with Crippen LogP contribution in [0.5, 0.6) is 0 Å². The fourth-order valence-electron chi connectivity index (χ4n) is 11.1. The Balaban J connectivity index is 1.09. The summed E-state index contributed by atoms with van der Waals surface area (Å²) in [7, 11) is 1.96. The Kier molecular flexibility index (Phi) is 11.4. The maximum absolute atomic E-state index is 13.0. The second-order valence-electron chi connectivity index (χ2n) is 16.7. The first-order chi connectivity index (χ1) is 21.5. The smallest absolute Gasteiger partial charge is 0.315 e. The van der Waals surface area contributed by atoms with Gasteiger partial charge in [0.25, 0.3) is 0 Å². The summed E-state index contributed by atoms with van der Waals surface area (Å²) in [5, 5.41) is 20.6. The number of rotatable bonds is 14. The molecule has 5 fully saturated rings. The summed E-state index contributed by atoms with van der Waals surface area (Å²) in [4.78, 5) is 26.6. The number of hydrogen-bond acceptors (Lipinski definition) is 5. The van der Waals surface area contributed by atoms with Gasteiger partial charge in [-0.05, 0) is 105 Å². The largest absolute Gasteiger partial charge is 0.411 e. The SMILES string of the molecule is CC(C)CCC[C@@H](C)C1CCC2C3CC/C(=N/O)[C@](C)(CCCN(C)C(=O)CCCC[C@@H]4SC[C@@H]5NC(=O)N[C@@H]54)C3CC[C@@]21C. The highest BCUT2D eigenvalue weighted by Gasteiger charge is 2.59. The van der Waals surface area contributed by atoms with E-state index in [1.165, 1.54) is 51.4 Å². The molecule has 10 atom stereocenters. The van der Waals surface area contributed by atoms with Crippen molar-refractivity contribution in [1.82, 2.24) is 15.5 Å². The molecule has 2 saturated heterocycles. The predicted octanol–water partition coefficient (Wildman–Crippen LogP) is 8.10. The molecule has 5 aliphatic rings. The van der Waals surface area contributed by atoms with Crippen LogP contribution >= 0.6 is 11.8 Å². The Hall–Kier alpha value is -1.44. The van der Waals surface area contributed by atoms with Gasteiger partial charge in [0.2, 0.25) is 5.91 Å². The molecule has 2 heterocycles. The fourth-order valence-corrected chi connectivity index (χ4v) is 12.6. The zero-order valence-corrected chi connectivity index (χ0v) is 30.1. The maximum atomic E-state index is 13.0. The van der Waals surface area contributed by atoms with E-state index in [-0.39, 0.29) is 29.4 Å². The van der Waals surface area contributed by atoms with Crippen LogP contribution in [0.15, 0.2) is 5.16 Å². The minimum Gasteiger partial charge on any atom is -0.411 e. The Labute approximate surface area is 278 Å². The number of amides is 3. The number of carbonyl (C=O) groups excluding carboxylic acids is 2. The highest BCUT2D eigenvalue weighted by Crippen LogP contribution is 2.66. The summed E-state index contributed by atoms with van der Waals surface area (Å²) in [6, 6.07) is 0.471. The summed E-state index contributed by atoms with van der Waals surface area (Å²) in [5.41, 5.74) is 1.39. The highest BCUT2D eigenvalue weighted by molar-refractivity contribution is 8.00. The van der Waals surface area contributed by atoms with Gasteiger partial charge >= 0.3 is 6.03 Å². The number of unbranched alkanes of at least 4 members (excludes halogenated alkanes) is 1. The highest BCUT2D eigenvalue weighted by atomic mass is 32.2. The van der Waals surface area contributed by atoms with Crippen LogP contribution in [-0.2, 0) is 4.79 Å². The molecule has 0 bridgehead atoms. The number of urea groups is 1. The molecule has 0 spiro atoms. The van der Waals surface area contributed by atoms with E-state index in [9.17, 15) is 14.8 Å². The summed E-state index contributed by atoms with van der Waals surface area (Å²) in [6.45, 7) is 13.0. The van der Waals surface area contributed by atoms with Crippen molar-refractivity contribution < 1.29 is 14.8 Å². The minimum absolute atomic E-state index is 0.0336. The summed E-state index contributed by atoms with van der Waals surface area (Å²) < 4.78 is 0. The van der Waals surface area contributed by atoms with E-state index < -0.39 is 0 Å². The first-order valence-corrected chi connectivity index (χ1v) is 19.7. The van der Waals surface area contributed by atoms with E-state index in [2.05, 4.69) is 50.4 Å². The van der Waals surface area contributed by atoms with Crippen LogP contribution < -0.4 is 10.6 Å². The van der Waals surface area contributed by atoms with E-state index in [4.69, 9.17) is 0 Å². The molecule has 0 radical (unpaired) electrons. The number of carbonyl (C=O) groups is 2. The quantitative estimate of drug-likeness (QED) is 0.0771. The van der Waals surface area contributed by atoms with Gasteiger partial charge in [-0.25, -0.2) is 4.79 Å². The molecule has 256 valence electrons. The fraction of sp³-hybridized carbons (Fsp3) is 0.919. The standard InChI is InChI=1S/C37H64N4O3S/c1-24(2)11-9-12-25(3)27-16-17-28-26-15-18-32(40-44)37(5,29(26)19-21-36(27,28)4)20-10-22-41(6)33(42)14-8-7-13-31-34-30(23-45-31)38-35(43)39-34/h24-31,34,44H,7-23H2,1-6H3,(H2,38,39,43)/b40-32-/t25-,26?,27?,28?,29?,30+,31+,34+,36-,37-/m1/s1. The van der Waals surface area contributed by atoms with Crippen LogP contribution in [0.3, 0.4) is 0 Å². The van der Waals surface area contributed by atoms with Gasteiger partial charge in [-0.15, -0.1) is 0 Å². The van der Waals surface area contributed by atoms with Crippen molar-refractivity contribution in [2.24, 2.45) is 51.5 Å². The van der Waals surface area contributed by atoms with Gasteiger partial charge in [0.15, 0.2) is 0 Å². The number of fused-ring (bicyclic) bond motifs is 4. The molecule has 45 heavy (non-hydrogen) atoms. The normalized spacial score (nSPS) is 38.9. The van der Waals surface area contributed by atoms with Gasteiger partial charge in [0.1, 0.15) is 0 Å². The Morgan fingerprint density at radius 2 is 1.84 bits per heavy atom. The third-order valence-electron chi connectivity index (χ3n) is 13.6. The number of oxime groups is 1. The summed E-state index contributed by atoms with van der Waals surface area (Å²) >= 11 is 1.94. The van der Waals surface area contributed by atoms with Gasteiger partial charge < -0.3 is 20.7 Å². The second-order valence-corrected chi connectivity index (χ2v) is 18.0. The van der Waals surface area contributed by atoms with Gasteiger partial charge in [-0.3, -0.25) is 4.79 Å². The molecule has 2 aliphatic heterocycles. The van der Waals surface area contributed by atoms with Crippen LogP contribution in [-0.4, -0.2) is 64.4 Å². The predicted molar refractivity (Wildman–Crippen MR) is 186 cm³/mol. The molecule has 3 amide bonds. The third-order valence-corrected chi connectivity index (χ3v) is 15.1. The molecule has 8 heteroatoms. The van der Waals surface area contributed by atoms with E-state index in [1.807, 2.05) is 23.7 Å². The van der Waals surface area contributed by atoms with Gasteiger partial charge in [-0.1, -0.05) is 65.5 Å². The van der Waals surface area contributed by atoms with E-state index in [1.54, 1.807) is 0 Å². The molecule has 0 aromatic carbocycles. The maximum Gasteiger partial charge on any atom is 0.315 e. The molecule has 3 aliphatic carbocycles. The van der Waals surface area contributed by atoms with Gasteiger partial charge in [0.05, 0.1) is 17.8 Å².